The van der Waals surface area contributed by atoms with Gasteiger partial charge in [0.2, 0.25) is 5.78 Å². The summed E-state index contributed by atoms with van der Waals surface area (Å²) in [5, 5.41) is 7.49. The van der Waals surface area contributed by atoms with Crippen LogP contribution in [0.4, 0.5) is 0 Å². The summed E-state index contributed by atoms with van der Waals surface area (Å²) >= 11 is 14.1. The lowest BCUT2D eigenvalue weighted by atomic mass is 10.1. The van der Waals surface area contributed by atoms with Crippen molar-refractivity contribution < 1.29 is 33.8 Å². The average Bonchev–Trinajstić information content (AvgIpc) is 3.55. The second kappa shape index (κ2) is 17.3. The third-order valence-electron chi connectivity index (χ3n) is 4.68. The number of hydrogen-bond acceptors (Lipinski definition) is 7. The molecule has 0 atom stereocenters. The van der Waals surface area contributed by atoms with Gasteiger partial charge in [-0.2, -0.15) is 0 Å². The van der Waals surface area contributed by atoms with Crippen LogP contribution >= 0.6 is 34.8 Å². The molecule has 0 bridgehead atoms. The van der Waals surface area contributed by atoms with Crippen LogP contribution in [0.1, 0.15) is 29.8 Å². The SMILES string of the molecule is CCOCC.COc1ccc2cc[nH]c2c1.O=C(Cl)C(=O)Cl.O=C(Cl)C(=O)c1c[nH]c2cc(CO)ccc12. The number of aromatic nitrogens is 2. The van der Waals surface area contributed by atoms with E-state index in [1.807, 2.05) is 44.3 Å². The fourth-order valence-corrected chi connectivity index (χ4v) is 3.03. The van der Waals surface area contributed by atoms with Crippen LogP contribution in [0.2, 0.25) is 0 Å². The first-order valence-electron chi connectivity index (χ1n) is 11.1. The van der Waals surface area contributed by atoms with Gasteiger partial charge in [-0.3, -0.25) is 19.2 Å². The van der Waals surface area contributed by atoms with E-state index in [9.17, 15) is 19.2 Å². The predicted molar refractivity (Wildman–Crippen MR) is 148 cm³/mol. The molecule has 3 N–H and O–H groups in total. The van der Waals surface area contributed by atoms with Crippen molar-refractivity contribution in [1.82, 2.24) is 9.97 Å². The number of rotatable bonds is 7. The Morgan fingerprint density at radius 3 is 2.00 bits per heavy atom. The lowest BCUT2D eigenvalue weighted by Gasteiger charge is -1.97. The van der Waals surface area contributed by atoms with E-state index in [1.165, 1.54) is 11.6 Å². The maximum atomic E-state index is 11.4. The van der Waals surface area contributed by atoms with Crippen molar-refractivity contribution in [2.75, 3.05) is 20.3 Å². The number of nitrogens with one attached hydrogen (secondary N) is 2. The topological polar surface area (TPSA) is 139 Å². The highest BCUT2D eigenvalue weighted by molar-refractivity contribution is 6.97. The van der Waals surface area contributed by atoms with Crippen molar-refractivity contribution in [3.8, 4) is 5.75 Å². The van der Waals surface area contributed by atoms with Crippen LogP contribution in [-0.2, 0) is 25.7 Å². The molecule has 4 rings (SSSR count). The third-order valence-corrected chi connectivity index (χ3v) is 5.29. The van der Waals surface area contributed by atoms with Gasteiger partial charge in [0.15, 0.2) is 0 Å². The Hall–Kier alpha value is -3.21. The van der Waals surface area contributed by atoms with Gasteiger partial charge in [0, 0.05) is 48.1 Å². The Morgan fingerprint density at radius 1 is 0.842 bits per heavy atom. The molecule has 0 saturated heterocycles. The number of ketones is 1. The zero-order chi connectivity index (χ0) is 28.7. The van der Waals surface area contributed by atoms with Gasteiger partial charge in [0.1, 0.15) is 5.75 Å². The largest absolute Gasteiger partial charge is 0.497 e. The molecule has 0 fully saturated rings. The van der Waals surface area contributed by atoms with Gasteiger partial charge in [-0.05, 0) is 83.9 Å². The molecule has 0 amide bonds. The summed E-state index contributed by atoms with van der Waals surface area (Å²) in [6.07, 6.45) is 3.36. The van der Waals surface area contributed by atoms with Gasteiger partial charge < -0.3 is 24.5 Å². The number of methoxy groups -OCH3 is 1. The van der Waals surface area contributed by atoms with Crippen molar-refractivity contribution in [2.45, 2.75) is 20.5 Å². The van der Waals surface area contributed by atoms with Gasteiger partial charge in [-0.25, -0.2) is 0 Å². The van der Waals surface area contributed by atoms with Gasteiger partial charge in [0.05, 0.1) is 19.3 Å². The summed E-state index contributed by atoms with van der Waals surface area (Å²) in [5.41, 5.74) is 2.78. The Bertz CT molecular complexity index is 1350. The molecule has 0 saturated carbocycles. The van der Waals surface area contributed by atoms with Gasteiger partial charge in [-0.1, -0.05) is 12.1 Å². The van der Waals surface area contributed by atoms with E-state index in [0.29, 0.717) is 10.9 Å². The van der Waals surface area contributed by atoms with E-state index in [2.05, 4.69) is 33.2 Å². The van der Waals surface area contributed by atoms with Crippen molar-refractivity contribution in [3.05, 3.63) is 66.0 Å². The monoisotopic (exact) mass is 584 g/mol. The molecule has 38 heavy (non-hydrogen) atoms. The number of H-pyrrole nitrogens is 2. The molecule has 0 unspecified atom stereocenters. The Balaban J connectivity index is 0.000000284. The number of halogens is 3. The Labute approximate surface area is 234 Å². The number of Topliss-reactive ketones (excluding diaryl/α,β-unsaturated/α-hetero) is 1. The van der Waals surface area contributed by atoms with Crippen LogP contribution in [0.15, 0.2) is 54.9 Å². The molecule has 2 aromatic heterocycles. The average molecular weight is 586 g/mol. The van der Waals surface area contributed by atoms with Crippen LogP contribution < -0.4 is 4.74 Å². The van der Waals surface area contributed by atoms with Crippen molar-refractivity contribution in [1.29, 1.82) is 0 Å². The van der Waals surface area contributed by atoms with Crippen molar-refractivity contribution in [2.24, 2.45) is 0 Å². The standard InChI is InChI=1S/C11H8ClNO3.C9H9NO.C4H10O.C2Cl2O2/c12-11(16)10(15)8-4-13-9-3-6(5-14)1-2-7(8)9;1-11-8-3-2-7-4-5-10-9(7)6-8;1-3-5-4-2;3-1(5)2(4)6/h1-4,13-14H,5H2;2-6,10H,1H3;3-4H2,1-2H3;. The number of benzene rings is 2. The molecular weight excluding hydrogens is 559 g/mol. The lowest BCUT2D eigenvalue weighted by molar-refractivity contribution is -0.127. The number of carbonyl (C=O) groups excluding carboxylic acids is 4. The minimum Gasteiger partial charge on any atom is -0.497 e. The summed E-state index contributed by atoms with van der Waals surface area (Å²) in [6.45, 7) is 5.59. The quantitative estimate of drug-likeness (QED) is 0.151. The van der Waals surface area contributed by atoms with Crippen LogP contribution in [-0.4, -0.2) is 56.9 Å². The normalized spacial score (nSPS) is 9.76. The van der Waals surface area contributed by atoms with Crippen LogP contribution in [0.5, 0.6) is 5.75 Å². The Morgan fingerprint density at radius 2 is 1.50 bits per heavy atom. The van der Waals surface area contributed by atoms with Gasteiger partial charge in [0.25, 0.3) is 5.24 Å². The summed E-state index contributed by atoms with van der Waals surface area (Å²) in [6, 6.07) is 13.1. The van der Waals surface area contributed by atoms with Crippen LogP contribution in [0.3, 0.4) is 0 Å². The molecule has 0 aliphatic rings. The number of aliphatic hydroxyl groups excluding tert-OH is 1. The first-order chi connectivity index (χ1) is 18.1. The number of ether oxygens (including phenoxy) is 2. The molecule has 4 aromatic rings. The highest BCUT2D eigenvalue weighted by Crippen LogP contribution is 2.21. The second-order valence-corrected chi connectivity index (χ2v) is 8.13. The molecule has 0 aliphatic carbocycles. The third kappa shape index (κ3) is 10.6. The number of hydrogen-bond donors (Lipinski definition) is 3. The summed E-state index contributed by atoms with van der Waals surface area (Å²) in [5.74, 6) is 0.157. The molecule has 0 spiro atoms. The fraction of sp³-hybridized carbons (Fsp3) is 0.231. The number of aromatic amines is 2. The summed E-state index contributed by atoms with van der Waals surface area (Å²) < 4.78 is 9.91. The van der Waals surface area contributed by atoms with Gasteiger partial charge >= 0.3 is 10.5 Å². The number of carbonyl (C=O) groups is 4. The fourth-order valence-electron chi connectivity index (χ4n) is 2.92. The van der Waals surface area contributed by atoms with Gasteiger partial charge in [-0.15, -0.1) is 0 Å². The molecule has 2 aromatic carbocycles. The smallest absolute Gasteiger partial charge is 0.304 e. The molecule has 12 heteroatoms. The number of aliphatic hydroxyl groups is 1. The van der Waals surface area contributed by atoms with Crippen LogP contribution in [0.25, 0.3) is 21.8 Å². The lowest BCUT2D eigenvalue weighted by Crippen LogP contribution is -2.06. The molecule has 0 aliphatic heterocycles. The Kier molecular flexibility index (Phi) is 15.0. The molecule has 204 valence electrons. The molecule has 2 heterocycles. The molecule has 0 radical (unpaired) electrons. The van der Waals surface area contributed by atoms with Crippen LogP contribution in [0, 0.1) is 0 Å². The van der Waals surface area contributed by atoms with E-state index >= 15 is 0 Å². The maximum Gasteiger partial charge on any atom is 0.304 e. The van der Waals surface area contributed by atoms with Crippen molar-refractivity contribution in [3.63, 3.8) is 0 Å². The first kappa shape index (κ1) is 32.8. The maximum absolute atomic E-state index is 11.4. The second-order valence-electron chi connectivity index (χ2n) is 7.10. The predicted octanol–water partition coefficient (Wildman–Crippen LogP) is 5.34. The summed E-state index contributed by atoms with van der Waals surface area (Å²) in [4.78, 5) is 47.0. The number of fused-ring (bicyclic) bond motifs is 2. The highest BCUT2D eigenvalue weighted by Gasteiger charge is 2.17. The molecular formula is C26H27Cl3N2O7. The van der Waals surface area contributed by atoms with E-state index in [4.69, 9.17) is 26.2 Å². The first-order valence-corrected chi connectivity index (χ1v) is 12.3. The molecule has 9 nitrogen and oxygen atoms in total. The zero-order valence-corrected chi connectivity index (χ0v) is 23.1. The zero-order valence-electron chi connectivity index (χ0n) is 20.8. The van der Waals surface area contributed by atoms with Crippen molar-refractivity contribution >= 4 is 78.1 Å². The minimum absolute atomic E-state index is 0.0767. The van der Waals surface area contributed by atoms with E-state index in [0.717, 1.165) is 30.0 Å². The van der Waals surface area contributed by atoms with E-state index < -0.39 is 21.5 Å². The van der Waals surface area contributed by atoms with E-state index in [1.54, 1.807) is 25.3 Å². The highest BCUT2D eigenvalue weighted by atomic mass is 35.5. The van der Waals surface area contributed by atoms with E-state index in [-0.39, 0.29) is 12.2 Å². The minimum atomic E-state index is -1.14. The summed E-state index contributed by atoms with van der Waals surface area (Å²) in [7, 11) is 1.67.